The summed E-state index contributed by atoms with van der Waals surface area (Å²) in [6.45, 7) is 0.789. The third-order valence-corrected chi connectivity index (χ3v) is 8.57. The van der Waals surface area contributed by atoms with Crippen LogP contribution in [0.4, 0.5) is 0 Å². The number of aromatic amines is 1. The second-order valence-electron chi connectivity index (χ2n) is 11.9. The molecular formula is C36H39N5O6. The van der Waals surface area contributed by atoms with E-state index in [0.29, 0.717) is 42.9 Å². The summed E-state index contributed by atoms with van der Waals surface area (Å²) < 4.78 is 5.29. The van der Waals surface area contributed by atoms with Crippen LogP contribution in [-0.4, -0.2) is 75.9 Å². The number of aliphatic carboxylic acids is 1. The Bertz CT molecular complexity index is 1640. The molecule has 3 aromatic carbocycles. The molecule has 47 heavy (non-hydrogen) atoms. The summed E-state index contributed by atoms with van der Waals surface area (Å²) in [4.78, 5) is 61.3. The maximum atomic E-state index is 14.2. The molecule has 2 atom stereocenters. The summed E-state index contributed by atoms with van der Waals surface area (Å²) in [5.41, 5.74) is 2.46. The van der Waals surface area contributed by atoms with E-state index < -0.39 is 29.9 Å². The SMILES string of the molecule is COc1ccc(C[C@H](NC(=O)[C@H](Cc2c[nH]cn2)NC(=O)c2ccccc2)C(=O)N2CC(CCCC(=O)O)(c3ccccc3)C2)cc1. The minimum Gasteiger partial charge on any atom is -0.497 e. The lowest BCUT2D eigenvalue weighted by Gasteiger charge is -2.52. The number of carbonyl (C=O) groups excluding carboxylic acids is 3. The molecule has 1 fully saturated rings. The largest absolute Gasteiger partial charge is 0.497 e. The second-order valence-corrected chi connectivity index (χ2v) is 11.9. The molecule has 0 aliphatic carbocycles. The first kappa shape index (κ1) is 32.9. The summed E-state index contributed by atoms with van der Waals surface area (Å²) in [7, 11) is 1.57. The molecule has 0 radical (unpaired) electrons. The number of carbonyl (C=O) groups is 4. The highest BCUT2D eigenvalue weighted by Crippen LogP contribution is 2.39. The van der Waals surface area contributed by atoms with Gasteiger partial charge in [-0.1, -0.05) is 60.7 Å². The summed E-state index contributed by atoms with van der Waals surface area (Å²) in [6.07, 6.45) is 4.62. The lowest BCUT2D eigenvalue weighted by Crippen LogP contribution is -2.65. The van der Waals surface area contributed by atoms with Crippen molar-refractivity contribution >= 4 is 23.7 Å². The summed E-state index contributed by atoms with van der Waals surface area (Å²) >= 11 is 0. The number of nitrogens with one attached hydrogen (secondary N) is 3. The van der Waals surface area contributed by atoms with Crippen molar-refractivity contribution < 1.29 is 29.0 Å². The molecule has 0 spiro atoms. The third-order valence-electron chi connectivity index (χ3n) is 8.57. The van der Waals surface area contributed by atoms with Crippen molar-refractivity contribution in [3.05, 3.63) is 120 Å². The van der Waals surface area contributed by atoms with E-state index in [1.54, 1.807) is 60.7 Å². The Morgan fingerprint density at radius 2 is 1.60 bits per heavy atom. The average Bonchev–Trinajstić information content (AvgIpc) is 3.59. The number of rotatable bonds is 15. The number of imidazole rings is 1. The molecule has 1 aliphatic heterocycles. The van der Waals surface area contributed by atoms with Crippen molar-refractivity contribution in [3.63, 3.8) is 0 Å². The van der Waals surface area contributed by atoms with Crippen LogP contribution in [0, 0.1) is 0 Å². The molecule has 3 amide bonds. The van der Waals surface area contributed by atoms with Gasteiger partial charge in [-0.25, -0.2) is 4.98 Å². The van der Waals surface area contributed by atoms with Gasteiger partial charge in [-0.3, -0.25) is 19.2 Å². The third kappa shape index (κ3) is 8.43. The predicted octanol–water partition coefficient (Wildman–Crippen LogP) is 3.52. The molecule has 4 N–H and O–H groups in total. The molecule has 1 aromatic heterocycles. The first-order chi connectivity index (χ1) is 22.8. The normalized spacial score (nSPS) is 14.7. The van der Waals surface area contributed by atoms with Crippen LogP contribution in [0.5, 0.6) is 5.75 Å². The first-order valence-electron chi connectivity index (χ1n) is 15.6. The Kier molecular flexibility index (Phi) is 10.7. The molecule has 1 saturated heterocycles. The summed E-state index contributed by atoms with van der Waals surface area (Å²) in [5, 5.41) is 15.0. The number of hydrogen-bond acceptors (Lipinski definition) is 6. The number of amides is 3. The van der Waals surface area contributed by atoms with Gasteiger partial charge >= 0.3 is 5.97 Å². The van der Waals surface area contributed by atoms with E-state index in [4.69, 9.17) is 4.74 Å². The van der Waals surface area contributed by atoms with E-state index in [-0.39, 0.29) is 30.6 Å². The number of benzene rings is 3. The Morgan fingerprint density at radius 1 is 0.915 bits per heavy atom. The standard InChI is InChI=1S/C36H39N5O6/c1-47-29-16-14-25(15-17-29)19-31(35(46)41-22-36(23-41,18-8-13-32(42)43)27-11-6-3-7-12-27)40-34(45)30(20-28-21-37-24-38-28)39-33(44)26-9-4-2-5-10-26/h2-7,9-12,14-17,21,24,30-31H,8,13,18-20,22-23H2,1H3,(H,37,38)(H,39,44)(H,40,45)(H,42,43)/t30-,31-/m0/s1. The van der Waals surface area contributed by atoms with Crippen molar-refractivity contribution in [2.45, 2.75) is 49.6 Å². The van der Waals surface area contributed by atoms with Gasteiger partial charge in [0.15, 0.2) is 0 Å². The summed E-state index contributed by atoms with van der Waals surface area (Å²) in [6, 6.07) is 23.8. The number of hydrogen-bond donors (Lipinski definition) is 4. The summed E-state index contributed by atoms with van der Waals surface area (Å²) in [5.74, 6) is -1.38. The van der Waals surface area contributed by atoms with E-state index >= 15 is 0 Å². The molecular weight excluding hydrogens is 598 g/mol. The number of ether oxygens (including phenoxy) is 1. The average molecular weight is 638 g/mol. The second kappa shape index (κ2) is 15.2. The van der Waals surface area contributed by atoms with E-state index in [0.717, 1.165) is 11.1 Å². The lowest BCUT2D eigenvalue weighted by atomic mass is 9.70. The molecule has 4 aromatic rings. The Morgan fingerprint density at radius 3 is 2.21 bits per heavy atom. The fourth-order valence-electron chi connectivity index (χ4n) is 6.04. The topological polar surface area (TPSA) is 154 Å². The zero-order valence-corrected chi connectivity index (χ0v) is 26.2. The van der Waals surface area contributed by atoms with Crippen molar-refractivity contribution in [1.82, 2.24) is 25.5 Å². The van der Waals surface area contributed by atoms with E-state index in [1.165, 1.54) is 6.33 Å². The molecule has 5 rings (SSSR count). The van der Waals surface area contributed by atoms with Crippen LogP contribution in [0.15, 0.2) is 97.5 Å². The van der Waals surface area contributed by atoms with Crippen LogP contribution in [0.3, 0.4) is 0 Å². The minimum absolute atomic E-state index is 0.0464. The van der Waals surface area contributed by atoms with Gasteiger partial charge in [0.05, 0.1) is 19.1 Å². The number of aromatic nitrogens is 2. The zero-order chi connectivity index (χ0) is 33.2. The number of methoxy groups -OCH3 is 1. The van der Waals surface area contributed by atoms with Gasteiger partial charge in [0.1, 0.15) is 17.8 Å². The van der Waals surface area contributed by atoms with Crippen LogP contribution in [-0.2, 0) is 32.6 Å². The van der Waals surface area contributed by atoms with Crippen molar-refractivity contribution in [3.8, 4) is 5.75 Å². The Hall–Kier alpha value is -5.45. The molecule has 0 saturated carbocycles. The first-order valence-corrected chi connectivity index (χ1v) is 15.6. The molecule has 11 heteroatoms. The zero-order valence-electron chi connectivity index (χ0n) is 26.2. The van der Waals surface area contributed by atoms with Gasteiger partial charge in [-0.15, -0.1) is 0 Å². The van der Waals surface area contributed by atoms with Gasteiger partial charge < -0.3 is 30.4 Å². The minimum atomic E-state index is -1.01. The molecule has 1 aliphatic rings. The smallest absolute Gasteiger partial charge is 0.303 e. The maximum absolute atomic E-state index is 14.2. The Balaban J connectivity index is 1.37. The predicted molar refractivity (Wildman–Crippen MR) is 175 cm³/mol. The van der Waals surface area contributed by atoms with Gasteiger partial charge in [-0.2, -0.15) is 0 Å². The molecule has 0 bridgehead atoms. The van der Waals surface area contributed by atoms with Crippen molar-refractivity contribution in [1.29, 1.82) is 0 Å². The fourth-order valence-corrected chi connectivity index (χ4v) is 6.04. The highest BCUT2D eigenvalue weighted by atomic mass is 16.5. The van der Waals surface area contributed by atoms with Crippen LogP contribution >= 0.6 is 0 Å². The number of carboxylic acids is 1. The quantitative estimate of drug-likeness (QED) is 0.156. The number of H-pyrrole nitrogens is 1. The van der Waals surface area contributed by atoms with Crippen LogP contribution < -0.4 is 15.4 Å². The molecule has 11 nitrogen and oxygen atoms in total. The molecule has 244 valence electrons. The number of carboxylic acid groups (broad SMARTS) is 1. The van der Waals surface area contributed by atoms with Crippen LogP contribution in [0.2, 0.25) is 0 Å². The van der Waals surface area contributed by atoms with E-state index in [2.05, 4.69) is 20.6 Å². The number of likely N-dealkylation sites (tertiary alicyclic amines) is 1. The van der Waals surface area contributed by atoms with Gasteiger partial charge in [0.2, 0.25) is 11.8 Å². The van der Waals surface area contributed by atoms with Gasteiger partial charge in [-0.05, 0) is 48.2 Å². The van der Waals surface area contributed by atoms with Crippen LogP contribution in [0.25, 0.3) is 0 Å². The van der Waals surface area contributed by atoms with E-state index in [1.807, 2.05) is 42.5 Å². The highest BCUT2D eigenvalue weighted by molar-refractivity contribution is 5.98. The number of nitrogens with zero attached hydrogens (tertiary/aromatic N) is 2. The monoisotopic (exact) mass is 637 g/mol. The van der Waals surface area contributed by atoms with Crippen molar-refractivity contribution in [2.24, 2.45) is 0 Å². The van der Waals surface area contributed by atoms with Crippen LogP contribution in [0.1, 0.15) is 46.4 Å². The Labute approximate surface area is 273 Å². The fraction of sp³-hybridized carbons (Fsp3) is 0.306. The highest BCUT2D eigenvalue weighted by Gasteiger charge is 2.47. The van der Waals surface area contributed by atoms with Crippen molar-refractivity contribution in [2.75, 3.05) is 20.2 Å². The van der Waals surface area contributed by atoms with E-state index in [9.17, 15) is 24.3 Å². The molecule has 0 unspecified atom stereocenters. The maximum Gasteiger partial charge on any atom is 0.303 e. The lowest BCUT2D eigenvalue weighted by molar-refractivity contribution is -0.144. The van der Waals surface area contributed by atoms with Gasteiger partial charge in [0, 0.05) is 49.5 Å². The van der Waals surface area contributed by atoms with Gasteiger partial charge in [0.25, 0.3) is 5.91 Å². The molecule has 2 heterocycles.